The molecule has 8 heteroatoms. The van der Waals surface area contributed by atoms with E-state index in [1.54, 1.807) is 11.3 Å². The van der Waals surface area contributed by atoms with Crippen LogP contribution >= 0.6 is 11.3 Å². The summed E-state index contributed by atoms with van der Waals surface area (Å²) >= 11 is 1.79. The first-order valence-corrected chi connectivity index (χ1v) is 17.5. The molecule has 1 aliphatic heterocycles. The zero-order valence-corrected chi connectivity index (χ0v) is 27.6. The first kappa shape index (κ1) is 31.1. The lowest BCUT2D eigenvalue weighted by Crippen LogP contribution is -2.52. The van der Waals surface area contributed by atoms with Gasteiger partial charge in [-0.1, -0.05) is 97.1 Å². The molecule has 7 nitrogen and oxygen atoms in total. The number of hydrogen-bond acceptors (Lipinski definition) is 7. The molecule has 0 fully saturated rings. The predicted octanol–water partition coefficient (Wildman–Crippen LogP) is 6.81. The predicted molar refractivity (Wildman–Crippen MR) is 188 cm³/mol. The Morgan fingerprint density at radius 1 is 0.936 bits per heavy atom. The van der Waals surface area contributed by atoms with Crippen LogP contribution in [0.3, 0.4) is 0 Å². The fraction of sp³-hybridized carbons (Fsp3) is 0.282. The number of nitrogens with zero attached hydrogens (tertiary/aromatic N) is 3. The quantitative estimate of drug-likeness (QED) is 0.0835. The first-order valence-electron chi connectivity index (χ1n) is 16.6. The Labute approximate surface area is 280 Å². The van der Waals surface area contributed by atoms with E-state index < -0.39 is 5.54 Å². The molecule has 0 saturated carbocycles. The van der Waals surface area contributed by atoms with E-state index in [1.165, 1.54) is 4.88 Å². The van der Waals surface area contributed by atoms with E-state index in [1.807, 2.05) is 11.6 Å². The summed E-state index contributed by atoms with van der Waals surface area (Å²) in [5, 5.41) is 13.1. The number of hydrogen-bond donors (Lipinski definition) is 2. The van der Waals surface area contributed by atoms with E-state index in [0.717, 1.165) is 72.3 Å². The number of nitrogens with one attached hydrogen (secondary N) is 2. The Kier molecular flexibility index (Phi) is 9.33. The highest BCUT2D eigenvalue weighted by molar-refractivity contribution is 7.09. The molecule has 0 radical (unpaired) electrons. The normalized spacial score (nSPS) is 15.6. The molecule has 3 heterocycles. The highest BCUT2D eigenvalue weighted by Gasteiger charge is 2.46. The number of esters is 1. The molecule has 0 bridgehead atoms. The molecular weight excluding hydrogens is 603 g/mol. The van der Waals surface area contributed by atoms with Gasteiger partial charge in [-0.15, -0.1) is 11.3 Å². The van der Waals surface area contributed by atoms with Crippen molar-refractivity contribution in [3.05, 3.63) is 153 Å². The molecule has 2 N–H and O–H groups in total. The molecule has 0 saturated heterocycles. The van der Waals surface area contributed by atoms with Crippen LogP contribution in [-0.4, -0.2) is 46.5 Å². The van der Waals surface area contributed by atoms with Crippen LogP contribution in [-0.2, 0) is 29.7 Å². The maximum Gasteiger partial charge on any atom is 0.356 e. The van der Waals surface area contributed by atoms with Crippen molar-refractivity contribution >= 4 is 22.9 Å². The number of hydrazine groups is 1. The van der Waals surface area contributed by atoms with Crippen LogP contribution in [0.15, 0.2) is 115 Å². The second-order valence-electron chi connectivity index (χ2n) is 12.0. The first-order chi connectivity index (χ1) is 23.2. The van der Waals surface area contributed by atoms with E-state index in [2.05, 4.69) is 130 Å². The van der Waals surface area contributed by atoms with Gasteiger partial charge in [0.05, 0.1) is 18.3 Å². The molecule has 2 aliphatic rings. The van der Waals surface area contributed by atoms with Crippen molar-refractivity contribution in [1.29, 1.82) is 0 Å². The van der Waals surface area contributed by atoms with Crippen molar-refractivity contribution in [1.82, 2.24) is 25.5 Å². The van der Waals surface area contributed by atoms with Gasteiger partial charge in [0, 0.05) is 28.8 Å². The number of carbonyl (C=O) groups excluding carboxylic acids is 1. The number of aromatic nitrogens is 2. The number of thiophene rings is 1. The Morgan fingerprint density at radius 3 is 2.19 bits per heavy atom. The zero-order chi connectivity index (χ0) is 32.1. The van der Waals surface area contributed by atoms with Gasteiger partial charge >= 0.3 is 5.97 Å². The molecule has 2 aromatic heterocycles. The van der Waals surface area contributed by atoms with Crippen LogP contribution < -0.4 is 10.7 Å². The summed E-state index contributed by atoms with van der Waals surface area (Å²) in [6.07, 6.45) is 5.72. The number of aryl methyl sites for hydroxylation is 1. The molecule has 240 valence electrons. The van der Waals surface area contributed by atoms with Crippen LogP contribution in [0.1, 0.15) is 63.1 Å². The fourth-order valence-corrected chi connectivity index (χ4v) is 7.80. The maximum atomic E-state index is 13.4. The monoisotopic (exact) mass is 643 g/mol. The second kappa shape index (κ2) is 14.1. The lowest BCUT2D eigenvalue weighted by Gasteiger charge is -2.44. The Balaban J connectivity index is 1.24. The number of rotatable bonds is 13. The van der Waals surface area contributed by atoms with Crippen molar-refractivity contribution < 1.29 is 9.53 Å². The number of carbonyl (C=O) groups is 1. The topological polar surface area (TPSA) is 71.4 Å². The second-order valence-corrected chi connectivity index (χ2v) is 13.1. The number of fused-ring (bicyclic) bond motifs is 3. The van der Waals surface area contributed by atoms with Gasteiger partial charge in [0.1, 0.15) is 11.2 Å². The van der Waals surface area contributed by atoms with Gasteiger partial charge in [-0.3, -0.25) is 9.69 Å². The third-order valence-corrected chi connectivity index (χ3v) is 10.1. The maximum absolute atomic E-state index is 13.4. The summed E-state index contributed by atoms with van der Waals surface area (Å²) in [6.45, 7) is 4.62. The van der Waals surface area contributed by atoms with Gasteiger partial charge in [-0.25, -0.2) is 10.2 Å². The Morgan fingerprint density at radius 2 is 1.60 bits per heavy atom. The largest absolute Gasteiger partial charge is 0.461 e. The van der Waals surface area contributed by atoms with E-state index in [4.69, 9.17) is 9.84 Å². The minimum atomic E-state index is -0.643. The third kappa shape index (κ3) is 6.04. The average Bonchev–Trinajstić information content (AvgIpc) is 3.87. The number of ether oxygens (including phenoxy) is 1. The standard InChI is InChI=1S/C39H41N5O2S/c1-2-46-38(45)37-33-21-22-35-34(36(33)42-43(37)26-13-24-40-25-23-32-20-12-27-47-32)28-44(41-35)39(29-14-6-3-7-15-29,30-16-8-4-9-17-30)31-18-10-5-11-19-31/h3-12,14-20,27-28,35,40-41H,2,13,21-26H2,1H3. The molecule has 0 amide bonds. The third-order valence-electron chi connectivity index (χ3n) is 9.20. The van der Waals surface area contributed by atoms with E-state index in [0.29, 0.717) is 18.8 Å². The van der Waals surface area contributed by atoms with Crippen LogP contribution in [0, 0.1) is 0 Å². The number of benzene rings is 3. The van der Waals surface area contributed by atoms with Crippen molar-refractivity contribution in [2.75, 3.05) is 19.7 Å². The van der Waals surface area contributed by atoms with E-state index in [-0.39, 0.29) is 12.0 Å². The SMILES string of the molecule is CCOC(=O)c1c2c(nn1CCCNCCc1cccs1)C1=CN(C(c3ccccc3)(c3ccccc3)c3ccccc3)NC1CC2. The van der Waals surface area contributed by atoms with Gasteiger partial charge < -0.3 is 10.1 Å². The lowest BCUT2D eigenvalue weighted by molar-refractivity contribution is 0.0510. The molecule has 1 unspecified atom stereocenters. The van der Waals surface area contributed by atoms with Crippen molar-refractivity contribution in [2.24, 2.45) is 0 Å². The van der Waals surface area contributed by atoms with Crippen molar-refractivity contribution in [3.63, 3.8) is 0 Å². The highest BCUT2D eigenvalue weighted by atomic mass is 32.1. The van der Waals surface area contributed by atoms with E-state index in [9.17, 15) is 4.79 Å². The zero-order valence-electron chi connectivity index (χ0n) is 26.8. The summed E-state index contributed by atoms with van der Waals surface area (Å²) in [4.78, 5) is 14.8. The van der Waals surface area contributed by atoms with Crippen LogP contribution in [0.2, 0.25) is 0 Å². The minimum Gasteiger partial charge on any atom is -0.461 e. The van der Waals surface area contributed by atoms with Gasteiger partial charge in [-0.05, 0) is 73.8 Å². The summed E-state index contributed by atoms with van der Waals surface area (Å²) in [7, 11) is 0. The van der Waals surface area contributed by atoms with Gasteiger partial charge in [0.25, 0.3) is 0 Å². The fourth-order valence-electron chi connectivity index (χ4n) is 7.09. The smallest absolute Gasteiger partial charge is 0.356 e. The molecular formula is C39H41N5O2S. The lowest BCUT2D eigenvalue weighted by atomic mass is 9.76. The van der Waals surface area contributed by atoms with E-state index >= 15 is 0 Å². The summed E-state index contributed by atoms with van der Waals surface area (Å²) < 4.78 is 7.48. The Hall–Kier alpha value is -4.50. The molecule has 1 atom stereocenters. The highest BCUT2D eigenvalue weighted by Crippen LogP contribution is 2.46. The molecule has 0 spiro atoms. The molecule has 1 aliphatic carbocycles. The van der Waals surface area contributed by atoms with Crippen LogP contribution in [0.5, 0.6) is 0 Å². The van der Waals surface area contributed by atoms with Crippen LogP contribution in [0.4, 0.5) is 0 Å². The van der Waals surface area contributed by atoms with Gasteiger partial charge in [0.15, 0.2) is 0 Å². The van der Waals surface area contributed by atoms with Gasteiger partial charge in [-0.2, -0.15) is 5.10 Å². The van der Waals surface area contributed by atoms with Crippen molar-refractivity contribution in [2.45, 2.75) is 50.7 Å². The average molecular weight is 644 g/mol. The summed E-state index contributed by atoms with van der Waals surface area (Å²) in [5.41, 5.74) is 10.3. The molecule has 7 rings (SSSR count). The van der Waals surface area contributed by atoms with Crippen LogP contribution in [0.25, 0.3) is 5.57 Å². The Bertz CT molecular complexity index is 1710. The van der Waals surface area contributed by atoms with Gasteiger partial charge in [0.2, 0.25) is 0 Å². The molecule has 5 aromatic rings. The summed E-state index contributed by atoms with van der Waals surface area (Å²) in [6, 6.07) is 36.4. The molecule has 47 heavy (non-hydrogen) atoms. The summed E-state index contributed by atoms with van der Waals surface area (Å²) in [5.74, 6) is -0.291. The minimum absolute atomic E-state index is 0.0651. The van der Waals surface area contributed by atoms with Crippen molar-refractivity contribution in [3.8, 4) is 0 Å². The molecule has 3 aromatic carbocycles.